The van der Waals surface area contributed by atoms with Crippen molar-refractivity contribution in [3.05, 3.63) is 65.5 Å². The van der Waals surface area contributed by atoms with Crippen LogP contribution < -0.4 is 4.90 Å². The number of rotatable bonds is 5. The van der Waals surface area contributed by atoms with Crippen molar-refractivity contribution in [1.82, 2.24) is 0 Å². The van der Waals surface area contributed by atoms with Crippen LogP contribution in [0.1, 0.15) is 18.9 Å². The lowest BCUT2D eigenvalue weighted by Crippen LogP contribution is -2.26. The van der Waals surface area contributed by atoms with Crippen molar-refractivity contribution in [3.8, 4) is 0 Å². The summed E-state index contributed by atoms with van der Waals surface area (Å²) in [6.07, 6.45) is 8.74. The number of carbonyl (C=O) groups is 2. The molecule has 0 aromatic heterocycles. The highest BCUT2D eigenvalue weighted by Gasteiger charge is 2.27. The Hall–Kier alpha value is -2.82. The summed E-state index contributed by atoms with van der Waals surface area (Å²) in [7, 11) is 2.56. The number of nitrogens with zero attached hydrogens (tertiary/aromatic N) is 1. The molecule has 0 spiro atoms. The standard InChI is InChI=1S/C19H21NO4/c1-4-7-14-9-11-15(12-10-14)20-13-6-5-8-16(18(21)23-2)17(20)19(22)24-3/h5-6,8-13H,4,7H2,1-3H3. The molecule has 0 aliphatic carbocycles. The van der Waals surface area contributed by atoms with E-state index in [1.165, 1.54) is 19.8 Å². The van der Waals surface area contributed by atoms with Crippen LogP contribution in [-0.2, 0) is 25.5 Å². The molecule has 5 nitrogen and oxygen atoms in total. The summed E-state index contributed by atoms with van der Waals surface area (Å²) in [5.41, 5.74) is 2.25. The van der Waals surface area contributed by atoms with E-state index in [9.17, 15) is 9.59 Å². The summed E-state index contributed by atoms with van der Waals surface area (Å²) in [5.74, 6) is -1.20. The highest BCUT2D eigenvalue weighted by atomic mass is 16.5. The van der Waals surface area contributed by atoms with Gasteiger partial charge in [-0.15, -0.1) is 0 Å². The van der Waals surface area contributed by atoms with E-state index in [4.69, 9.17) is 9.47 Å². The fraction of sp³-hybridized carbons (Fsp3) is 0.263. The van der Waals surface area contributed by atoms with E-state index in [2.05, 4.69) is 6.92 Å². The topological polar surface area (TPSA) is 55.8 Å². The number of hydrogen-bond donors (Lipinski definition) is 0. The number of hydrogen-bond acceptors (Lipinski definition) is 5. The number of benzene rings is 1. The van der Waals surface area contributed by atoms with Gasteiger partial charge in [-0.1, -0.05) is 31.6 Å². The van der Waals surface area contributed by atoms with Crippen LogP contribution in [0, 0.1) is 0 Å². The van der Waals surface area contributed by atoms with Crippen LogP contribution in [0.25, 0.3) is 0 Å². The zero-order valence-corrected chi connectivity index (χ0v) is 14.1. The van der Waals surface area contributed by atoms with Crippen molar-refractivity contribution in [1.29, 1.82) is 0 Å². The van der Waals surface area contributed by atoms with Crippen molar-refractivity contribution in [2.75, 3.05) is 19.1 Å². The van der Waals surface area contributed by atoms with Gasteiger partial charge in [0.25, 0.3) is 0 Å². The zero-order chi connectivity index (χ0) is 17.5. The fourth-order valence-electron chi connectivity index (χ4n) is 2.48. The summed E-state index contributed by atoms with van der Waals surface area (Å²) in [4.78, 5) is 26.0. The summed E-state index contributed by atoms with van der Waals surface area (Å²) in [6.45, 7) is 2.12. The van der Waals surface area contributed by atoms with Gasteiger partial charge in [0.1, 0.15) is 5.70 Å². The van der Waals surface area contributed by atoms with Crippen molar-refractivity contribution >= 4 is 17.6 Å². The minimum Gasteiger partial charge on any atom is -0.465 e. The summed E-state index contributed by atoms with van der Waals surface area (Å²) in [6, 6.07) is 7.85. The van der Waals surface area contributed by atoms with Crippen LogP contribution in [0.3, 0.4) is 0 Å². The molecule has 0 saturated carbocycles. The van der Waals surface area contributed by atoms with Crippen LogP contribution in [0.5, 0.6) is 0 Å². The van der Waals surface area contributed by atoms with E-state index < -0.39 is 11.9 Å². The Labute approximate surface area is 141 Å². The molecule has 0 atom stereocenters. The molecule has 0 saturated heterocycles. The second kappa shape index (κ2) is 8.15. The predicted octanol–water partition coefficient (Wildman–Crippen LogP) is 3.13. The molecule has 2 rings (SSSR count). The zero-order valence-electron chi connectivity index (χ0n) is 14.1. The number of allylic oxidation sites excluding steroid dienone is 2. The summed E-state index contributed by atoms with van der Waals surface area (Å²) in [5, 5.41) is 0. The SMILES string of the molecule is CCCc1ccc(N2C=CC=CC(C(=O)OC)=C2C(=O)OC)cc1. The Morgan fingerprint density at radius 1 is 1.00 bits per heavy atom. The highest BCUT2D eigenvalue weighted by molar-refractivity contribution is 6.05. The van der Waals surface area contributed by atoms with E-state index in [-0.39, 0.29) is 11.3 Å². The molecule has 0 unspecified atom stereocenters. The van der Waals surface area contributed by atoms with Gasteiger partial charge in [-0.3, -0.25) is 0 Å². The maximum absolute atomic E-state index is 12.3. The number of esters is 2. The molecule has 1 heterocycles. The Morgan fingerprint density at radius 2 is 1.67 bits per heavy atom. The van der Waals surface area contributed by atoms with Crippen molar-refractivity contribution < 1.29 is 19.1 Å². The first-order chi connectivity index (χ1) is 11.6. The van der Waals surface area contributed by atoms with Gasteiger partial charge in [0.2, 0.25) is 0 Å². The molecule has 5 heteroatoms. The van der Waals surface area contributed by atoms with E-state index in [1.807, 2.05) is 24.3 Å². The fourth-order valence-corrected chi connectivity index (χ4v) is 2.48. The molecule has 126 valence electrons. The Morgan fingerprint density at radius 3 is 2.25 bits per heavy atom. The highest BCUT2D eigenvalue weighted by Crippen LogP contribution is 2.26. The Balaban J connectivity index is 2.52. The molecule has 0 radical (unpaired) electrons. The molecule has 0 bridgehead atoms. The van der Waals surface area contributed by atoms with Crippen LogP contribution in [-0.4, -0.2) is 26.2 Å². The smallest absolute Gasteiger partial charge is 0.355 e. The first-order valence-corrected chi connectivity index (χ1v) is 7.76. The minimum absolute atomic E-state index is 0.123. The van der Waals surface area contributed by atoms with Crippen LogP contribution >= 0.6 is 0 Å². The molecule has 1 aromatic carbocycles. The Bertz CT molecular complexity index is 699. The van der Waals surface area contributed by atoms with Crippen molar-refractivity contribution in [2.24, 2.45) is 0 Å². The largest absolute Gasteiger partial charge is 0.465 e. The quantitative estimate of drug-likeness (QED) is 0.778. The van der Waals surface area contributed by atoms with E-state index in [1.54, 1.807) is 29.3 Å². The molecule has 0 fully saturated rings. The van der Waals surface area contributed by atoms with Gasteiger partial charge < -0.3 is 14.4 Å². The average molecular weight is 327 g/mol. The normalized spacial score (nSPS) is 13.7. The van der Waals surface area contributed by atoms with Crippen LogP contribution in [0.15, 0.2) is 60.0 Å². The third kappa shape index (κ3) is 3.74. The number of aryl methyl sites for hydroxylation is 1. The van der Waals surface area contributed by atoms with Gasteiger partial charge in [-0.25, -0.2) is 9.59 Å². The number of anilines is 1. The molecular formula is C19H21NO4. The second-order valence-corrected chi connectivity index (χ2v) is 5.23. The lowest BCUT2D eigenvalue weighted by atomic mass is 10.1. The monoisotopic (exact) mass is 327 g/mol. The van der Waals surface area contributed by atoms with E-state index in [0.29, 0.717) is 0 Å². The summed E-state index contributed by atoms with van der Waals surface area (Å²) >= 11 is 0. The number of methoxy groups -OCH3 is 2. The lowest BCUT2D eigenvalue weighted by molar-refractivity contribution is -0.139. The predicted molar refractivity (Wildman–Crippen MR) is 92.3 cm³/mol. The molecule has 0 N–H and O–H groups in total. The molecule has 24 heavy (non-hydrogen) atoms. The minimum atomic E-state index is -0.607. The van der Waals surface area contributed by atoms with Gasteiger partial charge in [0.15, 0.2) is 0 Å². The third-order valence-electron chi connectivity index (χ3n) is 3.64. The molecule has 1 aliphatic rings. The maximum Gasteiger partial charge on any atom is 0.355 e. The van der Waals surface area contributed by atoms with Gasteiger partial charge >= 0.3 is 11.9 Å². The summed E-state index contributed by atoms with van der Waals surface area (Å²) < 4.78 is 9.67. The Kier molecular flexibility index (Phi) is 5.95. The maximum atomic E-state index is 12.3. The van der Waals surface area contributed by atoms with Gasteiger partial charge in [-0.05, 0) is 36.3 Å². The van der Waals surface area contributed by atoms with Crippen molar-refractivity contribution in [3.63, 3.8) is 0 Å². The van der Waals surface area contributed by atoms with Crippen molar-refractivity contribution in [2.45, 2.75) is 19.8 Å². The van der Waals surface area contributed by atoms with Crippen LogP contribution in [0.4, 0.5) is 5.69 Å². The van der Waals surface area contributed by atoms with Gasteiger partial charge in [0, 0.05) is 11.9 Å². The van der Waals surface area contributed by atoms with Gasteiger partial charge in [0.05, 0.1) is 19.8 Å². The molecular weight excluding hydrogens is 306 g/mol. The molecule has 0 amide bonds. The van der Waals surface area contributed by atoms with Crippen LogP contribution in [0.2, 0.25) is 0 Å². The average Bonchev–Trinajstić information content (AvgIpc) is 2.84. The lowest BCUT2D eigenvalue weighted by Gasteiger charge is -2.23. The third-order valence-corrected chi connectivity index (χ3v) is 3.64. The first-order valence-electron chi connectivity index (χ1n) is 7.76. The van der Waals surface area contributed by atoms with Gasteiger partial charge in [-0.2, -0.15) is 0 Å². The molecule has 1 aliphatic heterocycles. The first kappa shape index (κ1) is 17.5. The number of carbonyl (C=O) groups excluding carboxylic acids is 2. The number of ether oxygens (including phenoxy) is 2. The second-order valence-electron chi connectivity index (χ2n) is 5.23. The van der Waals surface area contributed by atoms with E-state index in [0.717, 1.165) is 18.5 Å². The molecule has 1 aromatic rings. The van der Waals surface area contributed by atoms with E-state index >= 15 is 0 Å².